The second kappa shape index (κ2) is 9.16. The summed E-state index contributed by atoms with van der Waals surface area (Å²) < 4.78 is 19.6. The van der Waals surface area contributed by atoms with Gasteiger partial charge < -0.3 is 18.7 Å². The zero-order chi connectivity index (χ0) is 18.9. The third kappa shape index (κ3) is 5.89. The monoisotopic (exact) mass is 363 g/mol. The number of amides is 2. The van der Waals surface area contributed by atoms with Crippen molar-refractivity contribution in [3.05, 3.63) is 41.5 Å². The van der Waals surface area contributed by atoms with E-state index in [9.17, 15) is 14.4 Å². The van der Waals surface area contributed by atoms with Gasteiger partial charge in [-0.3, -0.25) is 10.1 Å². The zero-order valence-corrected chi connectivity index (χ0v) is 14.2. The number of benzene rings is 1. The van der Waals surface area contributed by atoms with Crippen LogP contribution >= 0.6 is 0 Å². The first-order valence-electron chi connectivity index (χ1n) is 7.63. The molecule has 0 saturated heterocycles. The standard InChI is InChI=1S/C16H17N3O7/c1-3-23-16(22)18-14(20)9-25-15(21)11-4-6-12(7-5-11)24-8-13-17-10(2)26-19-13/h4-7H,3,8-9H2,1-2H3,(H,18,20,22). The van der Waals surface area contributed by atoms with Crippen LogP contribution in [0.15, 0.2) is 28.8 Å². The number of carbonyl (C=O) groups excluding carboxylic acids is 3. The predicted octanol–water partition coefficient (Wildman–Crippen LogP) is 1.39. The van der Waals surface area contributed by atoms with Gasteiger partial charge in [-0.1, -0.05) is 5.16 Å². The molecule has 10 nitrogen and oxygen atoms in total. The summed E-state index contributed by atoms with van der Waals surface area (Å²) in [5.41, 5.74) is 0.219. The van der Waals surface area contributed by atoms with Gasteiger partial charge in [0, 0.05) is 6.92 Å². The third-order valence-corrected chi connectivity index (χ3v) is 2.88. The molecule has 0 unspecified atom stereocenters. The number of nitrogens with zero attached hydrogens (tertiary/aromatic N) is 2. The van der Waals surface area contributed by atoms with E-state index in [0.717, 1.165) is 0 Å². The van der Waals surface area contributed by atoms with Crippen molar-refractivity contribution in [2.24, 2.45) is 0 Å². The van der Waals surface area contributed by atoms with Crippen LogP contribution in [0.25, 0.3) is 0 Å². The number of imide groups is 1. The minimum absolute atomic E-state index is 0.120. The number of nitrogens with one attached hydrogen (secondary N) is 1. The minimum Gasteiger partial charge on any atom is -0.485 e. The van der Waals surface area contributed by atoms with Gasteiger partial charge in [-0.15, -0.1) is 0 Å². The molecule has 138 valence electrons. The maximum atomic E-state index is 11.9. The quantitative estimate of drug-likeness (QED) is 0.725. The molecule has 0 fully saturated rings. The van der Waals surface area contributed by atoms with E-state index in [2.05, 4.69) is 14.9 Å². The molecule has 0 aliphatic rings. The number of rotatable bonds is 7. The van der Waals surface area contributed by atoms with Gasteiger partial charge in [-0.2, -0.15) is 4.98 Å². The fourth-order valence-electron chi connectivity index (χ4n) is 1.77. The molecule has 0 aliphatic heterocycles. The summed E-state index contributed by atoms with van der Waals surface area (Å²) in [5.74, 6) is -0.173. The van der Waals surface area contributed by atoms with E-state index < -0.39 is 24.6 Å². The maximum Gasteiger partial charge on any atom is 0.413 e. The molecule has 2 aromatic rings. The number of esters is 1. The normalized spacial score (nSPS) is 10.1. The Kier molecular flexibility index (Phi) is 6.66. The lowest BCUT2D eigenvalue weighted by Crippen LogP contribution is -2.34. The summed E-state index contributed by atoms with van der Waals surface area (Å²) in [7, 11) is 0. The number of ether oxygens (including phenoxy) is 3. The number of hydrogen-bond donors (Lipinski definition) is 1. The van der Waals surface area contributed by atoms with E-state index >= 15 is 0 Å². The molecule has 10 heteroatoms. The van der Waals surface area contributed by atoms with Gasteiger partial charge in [-0.05, 0) is 31.2 Å². The highest BCUT2D eigenvalue weighted by molar-refractivity contribution is 5.95. The number of carbonyl (C=O) groups is 3. The lowest BCUT2D eigenvalue weighted by Gasteiger charge is -2.07. The Morgan fingerprint density at radius 3 is 2.50 bits per heavy atom. The Labute approximate surface area is 148 Å². The molecule has 0 bridgehead atoms. The van der Waals surface area contributed by atoms with Gasteiger partial charge in [0.05, 0.1) is 12.2 Å². The minimum atomic E-state index is -0.896. The lowest BCUT2D eigenvalue weighted by molar-refractivity contribution is -0.123. The molecule has 0 radical (unpaired) electrons. The van der Waals surface area contributed by atoms with Gasteiger partial charge in [0.1, 0.15) is 5.75 Å². The van der Waals surface area contributed by atoms with Crippen molar-refractivity contribution in [1.29, 1.82) is 0 Å². The van der Waals surface area contributed by atoms with E-state index in [4.69, 9.17) is 14.0 Å². The average Bonchev–Trinajstić information content (AvgIpc) is 3.04. The van der Waals surface area contributed by atoms with E-state index in [-0.39, 0.29) is 18.8 Å². The Bertz CT molecular complexity index is 770. The van der Waals surface area contributed by atoms with Crippen molar-refractivity contribution in [2.45, 2.75) is 20.5 Å². The van der Waals surface area contributed by atoms with E-state index in [0.29, 0.717) is 17.5 Å². The molecule has 1 N–H and O–H groups in total. The van der Waals surface area contributed by atoms with Gasteiger partial charge >= 0.3 is 12.1 Å². The number of aromatic nitrogens is 2. The molecule has 0 aliphatic carbocycles. The second-order valence-corrected chi connectivity index (χ2v) is 4.89. The van der Waals surface area contributed by atoms with Crippen LogP contribution in [0, 0.1) is 6.92 Å². The summed E-state index contributed by atoms with van der Waals surface area (Å²) in [6, 6.07) is 6.06. The Morgan fingerprint density at radius 2 is 1.88 bits per heavy atom. The number of hydrogen-bond acceptors (Lipinski definition) is 9. The predicted molar refractivity (Wildman–Crippen MR) is 85.3 cm³/mol. The highest BCUT2D eigenvalue weighted by Gasteiger charge is 2.13. The first-order valence-corrected chi connectivity index (χ1v) is 7.63. The van der Waals surface area contributed by atoms with E-state index in [1.807, 2.05) is 5.32 Å². The first kappa shape index (κ1) is 18.9. The lowest BCUT2D eigenvalue weighted by atomic mass is 10.2. The van der Waals surface area contributed by atoms with Crippen LogP contribution in [0.3, 0.4) is 0 Å². The average molecular weight is 363 g/mol. The Hall–Kier alpha value is -3.43. The Balaban J connectivity index is 1.78. The van der Waals surface area contributed by atoms with E-state index in [1.165, 1.54) is 12.1 Å². The molecule has 0 spiro atoms. The fraction of sp³-hybridized carbons (Fsp3) is 0.312. The Morgan fingerprint density at radius 1 is 1.15 bits per heavy atom. The van der Waals surface area contributed by atoms with Crippen LogP contribution < -0.4 is 10.1 Å². The van der Waals surface area contributed by atoms with Gasteiger partial charge in [0.15, 0.2) is 13.2 Å². The molecule has 26 heavy (non-hydrogen) atoms. The van der Waals surface area contributed by atoms with Crippen molar-refractivity contribution in [1.82, 2.24) is 15.5 Å². The highest BCUT2D eigenvalue weighted by atomic mass is 16.6. The first-order chi connectivity index (χ1) is 12.5. The van der Waals surface area contributed by atoms with Crippen molar-refractivity contribution < 1.29 is 33.1 Å². The van der Waals surface area contributed by atoms with Gasteiger partial charge in [0.2, 0.25) is 11.7 Å². The second-order valence-electron chi connectivity index (χ2n) is 4.89. The molecule has 0 saturated carbocycles. The summed E-state index contributed by atoms with van der Waals surface area (Å²) >= 11 is 0. The molecular formula is C16H17N3O7. The maximum absolute atomic E-state index is 11.9. The van der Waals surface area contributed by atoms with Crippen LogP contribution in [0.1, 0.15) is 29.0 Å². The molecule has 1 aromatic heterocycles. The van der Waals surface area contributed by atoms with Gasteiger partial charge in [0.25, 0.3) is 5.91 Å². The van der Waals surface area contributed by atoms with Crippen molar-refractivity contribution >= 4 is 18.0 Å². The molecule has 2 amide bonds. The zero-order valence-electron chi connectivity index (χ0n) is 14.2. The van der Waals surface area contributed by atoms with Crippen LogP contribution in [0.2, 0.25) is 0 Å². The molecular weight excluding hydrogens is 346 g/mol. The summed E-state index contributed by atoms with van der Waals surface area (Å²) in [4.78, 5) is 38.3. The highest BCUT2D eigenvalue weighted by Crippen LogP contribution is 2.14. The van der Waals surface area contributed by atoms with Crippen LogP contribution in [0.5, 0.6) is 5.75 Å². The fourth-order valence-corrected chi connectivity index (χ4v) is 1.77. The van der Waals surface area contributed by atoms with Crippen molar-refractivity contribution in [2.75, 3.05) is 13.2 Å². The van der Waals surface area contributed by atoms with Crippen LogP contribution in [-0.2, 0) is 20.9 Å². The van der Waals surface area contributed by atoms with Gasteiger partial charge in [-0.25, -0.2) is 9.59 Å². The third-order valence-electron chi connectivity index (χ3n) is 2.88. The number of alkyl carbamates (subject to hydrolysis) is 1. The van der Waals surface area contributed by atoms with E-state index in [1.54, 1.807) is 26.0 Å². The molecule has 1 heterocycles. The topological polar surface area (TPSA) is 130 Å². The SMILES string of the molecule is CCOC(=O)NC(=O)COC(=O)c1ccc(OCc2noc(C)n2)cc1. The smallest absolute Gasteiger partial charge is 0.413 e. The molecule has 1 aromatic carbocycles. The molecule has 2 rings (SSSR count). The van der Waals surface area contributed by atoms with Crippen molar-refractivity contribution in [3.63, 3.8) is 0 Å². The van der Waals surface area contributed by atoms with Crippen molar-refractivity contribution in [3.8, 4) is 5.75 Å². The number of aryl methyl sites for hydroxylation is 1. The summed E-state index contributed by atoms with van der Waals surface area (Å²) in [6.07, 6.45) is -0.896. The molecule has 0 atom stereocenters. The largest absolute Gasteiger partial charge is 0.485 e. The van der Waals surface area contributed by atoms with Crippen LogP contribution in [0.4, 0.5) is 4.79 Å². The summed E-state index contributed by atoms with van der Waals surface area (Å²) in [5, 5.41) is 5.61. The summed E-state index contributed by atoms with van der Waals surface area (Å²) in [6.45, 7) is 2.91. The van der Waals surface area contributed by atoms with Crippen LogP contribution in [-0.4, -0.2) is 41.3 Å².